The molecule has 0 spiro atoms. The van der Waals surface area contributed by atoms with Gasteiger partial charge in [0.2, 0.25) is 5.91 Å². The normalized spacial score (nSPS) is 11.2. The first kappa shape index (κ1) is 23.8. The van der Waals surface area contributed by atoms with E-state index >= 15 is 0 Å². The first-order chi connectivity index (χ1) is 16.3. The van der Waals surface area contributed by atoms with Crippen LogP contribution in [0.25, 0.3) is 5.69 Å². The molecular weight excluding hydrogens is 495 g/mol. The predicted molar refractivity (Wildman–Crippen MR) is 133 cm³/mol. The zero-order valence-corrected chi connectivity index (χ0v) is 20.1. The zero-order valence-electron chi connectivity index (χ0n) is 17.8. The molecule has 174 valence electrons. The fourth-order valence-electron chi connectivity index (χ4n) is 3.29. The number of imidazole rings is 1. The first-order valence-electron chi connectivity index (χ1n) is 10.2. The van der Waals surface area contributed by atoms with Gasteiger partial charge in [0.25, 0.3) is 10.0 Å². The minimum absolute atomic E-state index is 0.0453. The third-order valence-electron chi connectivity index (χ3n) is 5.03. The lowest BCUT2D eigenvalue weighted by molar-refractivity contribution is -0.119. The summed E-state index contributed by atoms with van der Waals surface area (Å²) in [4.78, 5) is 16.9. The van der Waals surface area contributed by atoms with Gasteiger partial charge in [0.15, 0.2) is 0 Å². The molecule has 1 aromatic heterocycles. The summed E-state index contributed by atoms with van der Waals surface area (Å²) in [6.07, 6.45) is 5.22. The van der Waals surface area contributed by atoms with E-state index in [2.05, 4.69) is 10.3 Å². The average molecular weight is 515 g/mol. The SMILES string of the molecule is O=C(CN(c1ccc(Cl)cc1Cl)S(=O)(=O)c1ccccc1)NCc1ccc(-n2ccnc2)cc1. The Morgan fingerprint density at radius 2 is 1.74 bits per heavy atom. The van der Waals surface area contributed by atoms with E-state index in [-0.39, 0.29) is 22.2 Å². The molecular formula is C24H20Cl2N4O3S. The number of halogens is 2. The van der Waals surface area contributed by atoms with E-state index in [1.54, 1.807) is 30.7 Å². The number of anilines is 1. The number of aromatic nitrogens is 2. The Labute approximate surface area is 207 Å². The molecule has 4 aromatic rings. The fraction of sp³-hybridized carbons (Fsp3) is 0.0833. The minimum Gasteiger partial charge on any atom is -0.350 e. The Morgan fingerprint density at radius 1 is 1.00 bits per heavy atom. The van der Waals surface area contributed by atoms with E-state index in [4.69, 9.17) is 23.2 Å². The maximum atomic E-state index is 13.4. The van der Waals surface area contributed by atoms with E-state index in [1.807, 2.05) is 35.0 Å². The Hall–Kier alpha value is -3.33. The van der Waals surface area contributed by atoms with Crippen LogP contribution in [-0.4, -0.2) is 30.4 Å². The van der Waals surface area contributed by atoms with Crippen LogP contribution in [0.1, 0.15) is 5.56 Å². The lowest BCUT2D eigenvalue weighted by Gasteiger charge is -2.25. The second-order valence-electron chi connectivity index (χ2n) is 7.33. The topological polar surface area (TPSA) is 84.3 Å². The van der Waals surface area contributed by atoms with E-state index in [1.165, 1.54) is 30.3 Å². The van der Waals surface area contributed by atoms with Gasteiger partial charge in [-0.3, -0.25) is 9.10 Å². The van der Waals surface area contributed by atoms with E-state index in [0.717, 1.165) is 15.6 Å². The zero-order chi connectivity index (χ0) is 24.1. The predicted octanol–water partition coefficient (Wildman–Crippen LogP) is 4.69. The third-order valence-corrected chi connectivity index (χ3v) is 7.34. The molecule has 0 aliphatic carbocycles. The number of nitrogens with zero attached hydrogens (tertiary/aromatic N) is 3. The Balaban J connectivity index is 1.52. The number of hydrogen-bond acceptors (Lipinski definition) is 4. The molecule has 3 aromatic carbocycles. The van der Waals surface area contributed by atoms with Crippen LogP contribution in [0.3, 0.4) is 0 Å². The van der Waals surface area contributed by atoms with E-state index in [0.29, 0.717) is 5.02 Å². The molecule has 0 unspecified atom stereocenters. The molecule has 1 amide bonds. The van der Waals surface area contributed by atoms with Crippen LogP contribution < -0.4 is 9.62 Å². The second kappa shape index (κ2) is 10.3. The Bertz CT molecular complexity index is 1380. The van der Waals surface area contributed by atoms with Crippen LogP contribution in [0.2, 0.25) is 10.0 Å². The second-order valence-corrected chi connectivity index (χ2v) is 10.0. The van der Waals surface area contributed by atoms with Crippen molar-refractivity contribution in [2.75, 3.05) is 10.8 Å². The highest BCUT2D eigenvalue weighted by Gasteiger charge is 2.28. The Morgan fingerprint density at radius 3 is 2.38 bits per heavy atom. The lowest BCUT2D eigenvalue weighted by atomic mass is 10.2. The van der Waals surface area contributed by atoms with Crippen molar-refractivity contribution in [3.63, 3.8) is 0 Å². The van der Waals surface area contributed by atoms with Gasteiger partial charge in [-0.2, -0.15) is 0 Å². The summed E-state index contributed by atoms with van der Waals surface area (Å²) in [5.41, 5.74) is 1.96. The van der Waals surface area contributed by atoms with Crippen molar-refractivity contribution in [1.29, 1.82) is 0 Å². The molecule has 0 bridgehead atoms. The maximum absolute atomic E-state index is 13.4. The highest BCUT2D eigenvalue weighted by atomic mass is 35.5. The number of carbonyl (C=O) groups is 1. The number of benzene rings is 3. The first-order valence-corrected chi connectivity index (χ1v) is 12.4. The van der Waals surface area contributed by atoms with Gasteiger partial charge >= 0.3 is 0 Å². The van der Waals surface area contributed by atoms with Crippen LogP contribution in [0.15, 0.2) is 96.4 Å². The molecule has 10 heteroatoms. The summed E-state index contributed by atoms with van der Waals surface area (Å²) in [6, 6.07) is 19.9. The molecule has 34 heavy (non-hydrogen) atoms. The number of amides is 1. The number of carbonyl (C=O) groups excluding carboxylic acids is 1. The molecule has 0 aliphatic heterocycles. The van der Waals surface area contributed by atoms with Crippen LogP contribution in [-0.2, 0) is 21.4 Å². The van der Waals surface area contributed by atoms with E-state index in [9.17, 15) is 13.2 Å². The summed E-state index contributed by atoms with van der Waals surface area (Å²) in [5.74, 6) is -0.482. The lowest BCUT2D eigenvalue weighted by Crippen LogP contribution is -2.40. The summed E-state index contributed by atoms with van der Waals surface area (Å²) < 4.78 is 29.6. The molecule has 0 saturated carbocycles. The summed E-state index contributed by atoms with van der Waals surface area (Å²) >= 11 is 12.3. The van der Waals surface area contributed by atoms with Gasteiger partial charge in [0, 0.05) is 29.6 Å². The molecule has 4 rings (SSSR count). The van der Waals surface area contributed by atoms with Crippen molar-refractivity contribution in [3.05, 3.63) is 107 Å². The summed E-state index contributed by atoms with van der Waals surface area (Å²) in [7, 11) is -4.06. The highest BCUT2D eigenvalue weighted by Crippen LogP contribution is 2.32. The standard InChI is InChI=1S/C24H20Cl2N4O3S/c25-19-8-11-23(22(26)14-19)30(34(32,33)21-4-2-1-3-5-21)16-24(31)28-15-18-6-9-20(10-7-18)29-13-12-27-17-29/h1-14,17H,15-16H2,(H,28,31). The van der Waals surface area contributed by atoms with Crippen LogP contribution in [0, 0.1) is 0 Å². The Kier molecular flexibility index (Phi) is 7.21. The van der Waals surface area contributed by atoms with Crippen LogP contribution >= 0.6 is 23.2 Å². The van der Waals surface area contributed by atoms with Gasteiger partial charge in [-0.1, -0.05) is 53.5 Å². The van der Waals surface area contributed by atoms with Crippen LogP contribution in [0.5, 0.6) is 0 Å². The largest absolute Gasteiger partial charge is 0.350 e. The number of nitrogens with one attached hydrogen (secondary N) is 1. The van der Waals surface area contributed by atoms with Crippen molar-refractivity contribution in [2.45, 2.75) is 11.4 Å². The van der Waals surface area contributed by atoms with E-state index < -0.39 is 22.5 Å². The molecule has 1 heterocycles. The van der Waals surface area contributed by atoms with Gasteiger partial charge in [-0.05, 0) is 48.0 Å². The summed E-state index contributed by atoms with van der Waals surface area (Å²) in [5, 5.41) is 3.25. The average Bonchev–Trinajstić information content (AvgIpc) is 3.38. The minimum atomic E-state index is -4.06. The molecule has 0 atom stereocenters. The monoisotopic (exact) mass is 514 g/mol. The highest BCUT2D eigenvalue weighted by molar-refractivity contribution is 7.92. The third kappa shape index (κ3) is 5.41. The smallest absolute Gasteiger partial charge is 0.264 e. The van der Waals surface area contributed by atoms with Crippen LogP contribution in [0.4, 0.5) is 5.69 Å². The van der Waals surface area contributed by atoms with Gasteiger partial charge in [-0.25, -0.2) is 13.4 Å². The molecule has 0 radical (unpaired) electrons. The van der Waals surface area contributed by atoms with Crippen molar-refractivity contribution in [1.82, 2.24) is 14.9 Å². The molecule has 1 N–H and O–H groups in total. The van der Waals surface area contributed by atoms with Crippen molar-refractivity contribution < 1.29 is 13.2 Å². The van der Waals surface area contributed by atoms with Gasteiger partial charge in [0.05, 0.1) is 21.9 Å². The molecule has 0 saturated heterocycles. The van der Waals surface area contributed by atoms with Crippen molar-refractivity contribution >= 4 is 44.8 Å². The fourth-order valence-corrected chi connectivity index (χ4v) is 5.31. The quantitative estimate of drug-likeness (QED) is 0.369. The van der Waals surface area contributed by atoms with Gasteiger partial charge in [-0.15, -0.1) is 0 Å². The summed E-state index contributed by atoms with van der Waals surface area (Å²) in [6.45, 7) is -0.220. The molecule has 7 nitrogen and oxygen atoms in total. The molecule has 0 aliphatic rings. The maximum Gasteiger partial charge on any atom is 0.264 e. The number of hydrogen-bond donors (Lipinski definition) is 1. The van der Waals surface area contributed by atoms with Crippen molar-refractivity contribution in [3.8, 4) is 5.69 Å². The van der Waals surface area contributed by atoms with Gasteiger partial charge < -0.3 is 9.88 Å². The van der Waals surface area contributed by atoms with Crippen molar-refractivity contribution in [2.24, 2.45) is 0 Å². The molecule has 0 fully saturated rings. The number of rotatable bonds is 8. The van der Waals surface area contributed by atoms with Gasteiger partial charge in [0.1, 0.15) is 6.54 Å². The number of sulfonamides is 1.